The van der Waals surface area contributed by atoms with Crippen LogP contribution in [0, 0.1) is 0 Å². The van der Waals surface area contributed by atoms with Gasteiger partial charge in [-0.25, -0.2) is 4.79 Å². The Labute approximate surface area is 162 Å². The summed E-state index contributed by atoms with van der Waals surface area (Å²) in [5, 5.41) is 3.63. The Bertz CT molecular complexity index is 751. The van der Waals surface area contributed by atoms with Crippen molar-refractivity contribution in [2.45, 2.75) is 25.9 Å². The molecule has 0 fully saturated rings. The van der Waals surface area contributed by atoms with Crippen molar-refractivity contribution in [3.8, 4) is 0 Å². The minimum atomic E-state index is -2.22. The van der Waals surface area contributed by atoms with E-state index in [0.29, 0.717) is 6.61 Å². The second-order valence-corrected chi connectivity index (χ2v) is 10.0. The zero-order valence-corrected chi connectivity index (χ0v) is 16.8. The van der Waals surface area contributed by atoms with Crippen LogP contribution in [0.1, 0.15) is 20.3 Å². The average Bonchev–Trinajstić information content (AvgIpc) is 2.74. The SMILES string of the molecule is CCOC(=O)[C@H](CC)[P+](c1ccccc1)(c1ccccc1)c1ccccc1. The van der Waals surface area contributed by atoms with Crippen molar-refractivity contribution in [1.29, 1.82) is 0 Å². The van der Waals surface area contributed by atoms with Crippen LogP contribution >= 0.6 is 7.26 Å². The molecule has 1 atom stereocenters. The van der Waals surface area contributed by atoms with Gasteiger partial charge < -0.3 is 4.74 Å². The third kappa shape index (κ3) is 3.68. The number of esters is 1. The van der Waals surface area contributed by atoms with Gasteiger partial charge in [-0.1, -0.05) is 61.5 Å². The quantitative estimate of drug-likeness (QED) is 0.453. The summed E-state index contributed by atoms with van der Waals surface area (Å²) in [7, 11) is -2.22. The van der Waals surface area contributed by atoms with Gasteiger partial charge in [-0.3, -0.25) is 0 Å². The molecule has 0 radical (unpaired) electrons. The third-order valence-electron chi connectivity index (χ3n) is 4.90. The van der Waals surface area contributed by atoms with Gasteiger partial charge in [0.05, 0.1) is 6.61 Å². The topological polar surface area (TPSA) is 26.3 Å². The molecule has 0 amide bonds. The second-order valence-electron chi connectivity index (χ2n) is 6.41. The standard InChI is InChI=1S/C24H26O2P/c1-3-23(24(25)26-4-2)27(20-14-8-5-9-15-20,21-16-10-6-11-17-21)22-18-12-7-13-19-22/h5-19,23H,3-4H2,1-2H3/q+1/t23-/m0/s1. The Kier molecular flexibility index (Phi) is 6.42. The second kappa shape index (κ2) is 8.97. The molecule has 3 aromatic carbocycles. The van der Waals surface area contributed by atoms with E-state index in [4.69, 9.17) is 4.74 Å². The molecule has 3 aromatic rings. The largest absolute Gasteiger partial charge is 0.463 e. The number of hydrogen-bond donors (Lipinski definition) is 0. The molecule has 0 N–H and O–H groups in total. The minimum Gasteiger partial charge on any atom is -0.463 e. The lowest BCUT2D eigenvalue weighted by Gasteiger charge is -2.32. The van der Waals surface area contributed by atoms with Gasteiger partial charge in [-0.05, 0) is 49.7 Å². The van der Waals surface area contributed by atoms with Crippen molar-refractivity contribution >= 4 is 29.1 Å². The Morgan fingerprint density at radius 3 is 1.41 bits per heavy atom. The molecule has 0 spiro atoms. The van der Waals surface area contributed by atoms with Crippen LogP contribution in [-0.4, -0.2) is 18.2 Å². The van der Waals surface area contributed by atoms with Crippen LogP contribution in [0.25, 0.3) is 0 Å². The van der Waals surface area contributed by atoms with Gasteiger partial charge in [-0.15, -0.1) is 0 Å². The molecule has 3 heteroatoms. The van der Waals surface area contributed by atoms with Crippen LogP contribution in [0.4, 0.5) is 0 Å². The molecule has 3 rings (SSSR count). The molecule has 0 aliphatic heterocycles. The smallest absolute Gasteiger partial charge is 0.348 e. The first-order valence-corrected chi connectivity index (χ1v) is 11.3. The van der Waals surface area contributed by atoms with Gasteiger partial charge >= 0.3 is 5.97 Å². The fraction of sp³-hybridized carbons (Fsp3) is 0.208. The van der Waals surface area contributed by atoms with E-state index >= 15 is 0 Å². The van der Waals surface area contributed by atoms with Crippen molar-refractivity contribution in [3.63, 3.8) is 0 Å². The van der Waals surface area contributed by atoms with Gasteiger partial charge in [0.2, 0.25) is 0 Å². The van der Waals surface area contributed by atoms with E-state index in [1.165, 1.54) is 15.9 Å². The van der Waals surface area contributed by atoms with E-state index < -0.39 is 7.26 Å². The molecular weight excluding hydrogens is 351 g/mol. The predicted molar refractivity (Wildman–Crippen MR) is 116 cm³/mol. The highest BCUT2D eigenvalue weighted by molar-refractivity contribution is 7.96. The van der Waals surface area contributed by atoms with Gasteiger partial charge in [0.25, 0.3) is 0 Å². The van der Waals surface area contributed by atoms with E-state index in [2.05, 4.69) is 79.7 Å². The van der Waals surface area contributed by atoms with Crippen LogP contribution in [0.5, 0.6) is 0 Å². The predicted octanol–water partition coefficient (Wildman–Crippen LogP) is 4.32. The molecule has 0 heterocycles. The first kappa shape index (κ1) is 19.3. The lowest BCUT2D eigenvalue weighted by molar-refractivity contribution is -0.142. The van der Waals surface area contributed by atoms with Crippen LogP contribution < -0.4 is 15.9 Å². The molecule has 0 unspecified atom stereocenters. The zero-order valence-electron chi connectivity index (χ0n) is 15.9. The first-order valence-electron chi connectivity index (χ1n) is 9.47. The molecule has 0 bridgehead atoms. The number of ether oxygens (including phenoxy) is 1. The Balaban J connectivity index is 2.37. The maximum atomic E-state index is 13.1. The molecule has 0 aliphatic rings. The molecule has 27 heavy (non-hydrogen) atoms. The molecule has 0 saturated carbocycles. The minimum absolute atomic E-state index is 0.107. The number of hydrogen-bond acceptors (Lipinski definition) is 2. The van der Waals surface area contributed by atoms with E-state index in [9.17, 15) is 4.79 Å². The normalized spacial score (nSPS) is 12.4. The van der Waals surface area contributed by atoms with Crippen LogP contribution in [-0.2, 0) is 9.53 Å². The Morgan fingerprint density at radius 1 is 0.741 bits per heavy atom. The van der Waals surface area contributed by atoms with Crippen molar-refractivity contribution in [1.82, 2.24) is 0 Å². The first-order chi connectivity index (χ1) is 13.2. The highest BCUT2D eigenvalue weighted by Crippen LogP contribution is 2.61. The van der Waals surface area contributed by atoms with Crippen LogP contribution in [0.3, 0.4) is 0 Å². The lowest BCUT2D eigenvalue weighted by atomic mass is 10.3. The van der Waals surface area contributed by atoms with E-state index in [-0.39, 0.29) is 11.6 Å². The maximum Gasteiger partial charge on any atom is 0.348 e. The van der Waals surface area contributed by atoms with Gasteiger partial charge in [0.15, 0.2) is 5.66 Å². The fourth-order valence-electron chi connectivity index (χ4n) is 3.81. The molecular formula is C24H26O2P+. The lowest BCUT2D eigenvalue weighted by Crippen LogP contribution is -2.42. The Hall–Kier alpha value is -2.44. The summed E-state index contributed by atoms with van der Waals surface area (Å²) in [6.45, 7) is 4.36. The van der Waals surface area contributed by atoms with Gasteiger partial charge in [0, 0.05) is 0 Å². The average molecular weight is 377 g/mol. The molecule has 2 nitrogen and oxygen atoms in total. The number of carbonyl (C=O) groups excluding carboxylic acids is 1. The number of rotatable bonds is 7. The Morgan fingerprint density at radius 2 is 1.11 bits per heavy atom. The summed E-state index contributed by atoms with van der Waals surface area (Å²) >= 11 is 0. The van der Waals surface area contributed by atoms with Crippen molar-refractivity contribution in [3.05, 3.63) is 91.0 Å². The summed E-state index contributed by atoms with van der Waals surface area (Å²) in [4.78, 5) is 13.1. The van der Waals surface area contributed by atoms with Crippen LogP contribution in [0.15, 0.2) is 91.0 Å². The summed E-state index contributed by atoms with van der Waals surface area (Å²) in [6, 6.07) is 31.4. The zero-order chi connectivity index (χ0) is 19.1. The summed E-state index contributed by atoms with van der Waals surface area (Å²) in [5.74, 6) is -0.107. The highest BCUT2D eigenvalue weighted by Gasteiger charge is 2.55. The summed E-state index contributed by atoms with van der Waals surface area (Å²) in [5.41, 5.74) is -0.218. The highest BCUT2D eigenvalue weighted by atomic mass is 31.2. The van der Waals surface area contributed by atoms with E-state index in [1.54, 1.807) is 0 Å². The van der Waals surface area contributed by atoms with E-state index in [1.807, 2.05) is 25.1 Å². The number of benzene rings is 3. The van der Waals surface area contributed by atoms with Crippen molar-refractivity contribution < 1.29 is 9.53 Å². The van der Waals surface area contributed by atoms with Gasteiger partial charge in [-0.2, -0.15) is 0 Å². The third-order valence-corrected chi connectivity index (χ3v) is 9.75. The van der Waals surface area contributed by atoms with Crippen LogP contribution in [0.2, 0.25) is 0 Å². The molecule has 0 aliphatic carbocycles. The van der Waals surface area contributed by atoms with E-state index in [0.717, 1.165) is 6.42 Å². The molecule has 0 saturated heterocycles. The molecule has 138 valence electrons. The molecule has 0 aromatic heterocycles. The number of carbonyl (C=O) groups is 1. The van der Waals surface area contributed by atoms with Gasteiger partial charge in [0.1, 0.15) is 23.2 Å². The maximum absolute atomic E-state index is 13.1. The fourth-order valence-corrected chi connectivity index (χ4v) is 8.65. The summed E-state index contributed by atoms with van der Waals surface area (Å²) < 4.78 is 5.55. The van der Waals surface area contributed by atoms with Crippen molar-refractivity contribution in [2.75, 3.05) is 6.61 Å². The monoisotopic (exact) mass is 377 g/mol. The summed E-state index contributed by atoms with van der Waals surface area (Å²) in [6.07, 6.45) is 0.727. The van der Waals surface area contributed by atoms with Crippen molar-refractivity contribution in [2.24, 2.45) is 0 Å².